The third kappa shape index (κ3) is 2.42. The number of hydrogen-bond donors (Lipinski definition) is 0. The van der Waals surface area contributed by atoms with E-state index in [1.165, 1.54) is 4.90 Å². The SMILES string of the molecule is Cc1nn(Cc2ccc(Cl)cc2Cl)c(C)c1N1C(=O)[C@@H]2[C@@H](C1=O)[C@H]1C=C[C@H]2C1. The molecular formula is C21H19Cl2N3O2. The molecule has 1 aromatic heterocycles. The lowest BCUT2D eigenvalue weighted by Crippen LogP contribution is -2.33. The molecule has 4 atom stereocenters. The van der Waals surface area contributed by atoms with Crippen LogP contribution in [0.3, 0.4) is 0 Å². The number of hydrogen-bond acceptors (Lipinski definition) is 3. The summed E-state index contributed by atoms with van der Waals surface area (Å²) in [5, 5.41) is 5.73. The molecule has 144 valence electrons. The molecule has 2 fully saturated rings. The first-order chi connectivity index (χ1) is 13.4. The van der Waals surface area contributed by atoms with E-state index in [4.69, 9.17) is 23.2 Å². The highest BCUT2D eigenvalue weighted by atomic mass is 35.5. The first-order valence-electron chi connectivity index (χ1n) is 9.41. The van der Waals surface area contributed by atoms with Crippen LogP contribution in [-0.4, -0.2) is 21.6 Å². The molecule has 5 rings (SSSR count). The number of aromatic nitrogens is 2. The molecule has 0 N–H and O–H groups in total. The minimum absolute atomic E-state index is 0.0814. The lowest BCUT2D eigenvalue weighted by Gasteiger charge is -2.18. The second-order valence-corrected chi connectivity index (χ2v) is 8.77. The maximum atomic E-state index is 13.1. The molecule has 28 heavy (non-hydrogen) atoms. The van der Waals surface area contributed by atoms with Crippen molar-refractivity contribution in [2.75, 3.05) is 4.90 Å². The fraction of sp³-hybridized carbons (Fsp3) is 0.381. The highest BCUT2D eigenvalue weighted by Gasteiger charge is 2.60. The monoisotopic (exact) mass is 415 g/mol. The number of nitrogens with zero attached hydrogens (tertiary/aromatic N) is 3. The average molecular weight is 416 g/mol. The Hall–Kier alpha value is -2.11. The molecule has 1 aromatic carbocycles. The van der Waals surface area contributed by atoms with Gasteiger partial charge < -0.3 is 0 Å². The molecule has 0 spiro atoms. The van der Waals surface area contributed by atoms with Gasteiger partial charge in [-0.1, -0.05) is 41.4 Å². The molecule has 2 amide bonds. The van der Waals surface area contributed by atoms with Gasteiger partial charge in [0.25, 0.3) is 0 Å². The summed E-state index contributed by atoms with van der Waals surface area (Å²) in [7, 11) is 0. The maximum absolute atomic E-state index is 13.1. The molecule has 7 heteroatoms. The van der Waals surface area contributed by atoms with Crippen LogP contribution in [0.2, 0.25) is 10.0 Å². The molecule has 2 aliphatic carbocycles. The zero-order valence-electron chi connectivity index (χ0n) is 15.5. The van der Waals surface area contributed by atoms with E-state index < -0.39 is 0 Å². The molecule has 0 radical (unpaired) electrons. The van der Waals surface area contributed by atoms with Crippen molar-refractivity contribution in [2.45, 2.75) is 26.8 Å². The third-order valence-electron chi connectivity index (χ3n) is 6.37. The normalized spacial score (nSPS) is 27.9. The molecule has 1 saturated heterocycles. The van der Waals surface area contributed by atoms with Crippen LogP contribution in [0.4, 0.5) is 5.69 Å². The first-order valence-corrected chi connectivity index (χ1v) is 10.2. The standard InChI is InChI=1S/C21H19Cl2N3O2/c1-10-19(11(2)25(24-10)9-14-5-6-15(22)8-16(14)23)26-20(27)17-12-3-4-13(7-12)18(17)21(26)28/h3-6,8,12-13,17-18H,7,9H2,1-2H3/t12-,13-,17-,18-/m0/s1. The quantitative estimate of drug-likeness (QED) is 0.558. The van der Waals surface area contributed by atoms with Gasteiger partial charge in [-0.15, -0.1) is 0 Å². The minimum Gasteiger partial charge on any atom is -0.274 e. The molecule has 2 heterocycles. The number of aryl methyl sites for hydroxylation is 1. The summed E-state index contributed by atoms with van der Waals surface area (Å²) in [6, 6.07) is 5.34. The van der Waals surface area contributed by atoms with E-state index >= 15 is 0 Å². The molecule has 1 saturated carbocycles. The number of anilines is 1. The number of carbonyl (C=O) groups excluding carboxylic acids is 2. The Balaban J connectivity index is 1.50. The summed E-state index contributed by atoms with van der Waals surface area (Å²) in [6.07, 6.45) is 5.13. The molecule has 0 unspecified atom stereocenters. The van der Waals surface area contributed by atoms with E-state index in [1.807, 2.05) is 19.9 Å². The van der Waals surface area contributed by atoms with Crippen molar-refractivity contribution in [3.05, 3.63) is 57.3 Å². The molecule has 3 aliphatic rings. The van der Waals surface area contributed by atoms with E-state index in [-0.39, 0.29) is 35.5 Å². The third-order valence-corrected chi connectivity index (χ3v) is 6.96. The van der Waals surface area contributed by atoms with Crippen molar-refractivity contribution >= 4 is 40.7 Å². The van der Waals surface area contributed by atoms with E-state index in [9.17, 15) is 9.59 Å². The fourth-order valence-electron chi connectivity index (χ4n) is 5.10. The Morgan fingerprint density at radius 3 is 2.32 bits per heavy atom. The summed E-state index contributed by atoms with van der Waals surface area (Å²) < 4.78 is 1.79. The Morgan fingerprint density at radius 1 is 1.07 bits per heavy atom. The summed E-state index contributed by atoms with van der Waals surface area (Å²) in [5.74, 6) is -0.199. The van der Waals surface area contributed by atoms with E-state index in [2.05, 4.69) is 17.3 Å². The molecule has 5 nitrogen and oxygen atoms in total. The number of rotatable bonds is 3. The Kier molecular flexibility index (Phi) is 3.97. The molecule has 1 aliphatic heterocycles. The van der Waals surface area contributed by atoms with Crippen molar-refractivity contribution in [2.24, 2.45) is 23.7 Å². The number of imide groups is 1. The van der Waals surface area contributed by atoms with E-state index in [1.54, 1.807) is 16.8 Å². The topological polar surface area (TPSA) is 55.2 Å². The number of allylic oxidation sites excluding steroid dienone is 2. The number of halogens is 2. The van der Waals surface area contributed by atoms with Gasteiger partial charge >= 0.3 is 0 Å². The Morgan fingerprint density at radius 2 is 1.71 bits per heavy atom. The van der Waals surface area contributed by atoms with E-state index in [0.29, 0.717) is 28.0 Å². The van der Waals surface area contributed by atoms with Crippen molar-refractivity contribution in [1.82, 2.24) is 9.78 Å². The van der Waals surface area contributed by atoms with Gasteiger partial charge in [-0.2, -0.15) is 5.10 Å². The second-order valence-electron chi connectivity index (χ2n) is 7.92. The van der Waals surface area contributed by atoms with Crippen LogP contribution >= 0.6 is 23.2 Å². The summed E-state index contributed by atoms with van der Waals surface area (Å²) in [6.45, 7) is 4.17. The van der Waals surface area contributed by atoms with Crippen LogP contribution in [0.5, 0.6) is 0 Å². The number of benzene rings is 1. The van der Waals surface area contributed by atoms with Crippen molar-refractivity contribution in [1.29, 1.82) is 0 Å². The summed E-state index contributed by atoms with van der Waals surface area (Å²) in [4.78, 5) is 27.7. The summed E-state index contributed by atoms with van der Waals surface area (Å²) in [5.41, 5.74) is 2.95. The Labute approximate surface area is 172 Å². The van der Waals surface area contributed by atoms with Crippen LogP contribution in [0, 0.1) is 37.5 Å². The molecule has 2 bridgehead atoms. The van der Waals surface area contributed by atoms with Gasteiger partial charge in [0.1, 0.15) is 0 Å². The Bertz CT molecular complexity index is 1030. The number of amides is 2. The zero-order valence-corrected chi connectivity index (χ0v) is 17.0. The van der Waals surface area contributed by atoms with Gasteiger partial charge in [-0.25, -0.2) is 4.90 Å². The van der Waals surface area contributed by atoms with Crippen LogP contribution in [0.15, 0.2) is 30.4 Å². The minimum atomic E-state index is -0.213. The lowest BCUT2D eigenvalue weighted by atomic mass is 9.85. The first kappa shape index (κ1) is 18.0. The molecule has 2 aromatic rings. The van der Waals surface area contributed by atoms with Gasteiger partial charge in [0.2, 0.25) is 11.8 Å². The van der Waals surface area contributed by atoms with Gasteiger partial charge in [-0.05, 0) is 49.8 Å². The predicted octanol–water partition coefficient (Wildman–Crippen LogP) is 4.17. The van der Waals surface area contributed by atoms with Crippen LogP contribution in [0.25, 0.3) is 0 Å². The second kappa shape index (κ2) is 6.19. The summed E-state index contributed by atoms with van der Waals surface area (Å²) >= 11 is 12.3. The van der Waals surface area contributed by atoms with Crippen LogP contribution in [0.1, 0.15) is 23.4 Å². The van der Waals surface area contributed by atoms with Crippen molar-refractivity contribution < 1.29 is 9.59 Å². The highest BCUT2D eigenvalue weighted by Crippen LogP contribution is 2.53. The lowest BCUT2D eigenvalue weighted by molar-refractivity contribution is -0.123. The van der Waals surface area contributed by atoms with Gasteiger partial charge in [0.05, 0.1) is 35.5 Å². The van der Waals surface area contributed by atoms with Crippen LogP contribution < -0.4 is 4.90 Å². The van der Waals surface area contributed by atoms with E-state index in [0.717, 1.165) is 17.7 Å². The number of carbonyl (C=O) groups is 2. The van der Waals surface area contributed by atoms with Gasteiger partial charge in [0, 0.05) is 10.0 Å². The fourth-order valence-corrected chi connectivity index (χ4v) is 5.57. The predicted molar refractivity (Wildman–Crippen MR) is 107 cm³/mol. The van der Waals surface area contributed by atoms with Crippen molar-refractivity contribution in [3.63, 3.8) is 0 Å². The van der Waals surface area contributed by atoms with Crippen molar-refractivity contribution in [3.8, 4) is 0 Å². The highest BCUT2D eigenvalue weighted by molar-refractivity contribution is 6.35. The number of fused-ring (bicyclic) bond motifs is 5. The maximum Gasteiger partial charge on any atom is 0.238 e. The molecular weight excluding hydrogens is 397 g/mol. The van der Waals surface area contributed by atoms with Gasteiger partial charge in [-0.3, -0.25) is 14.3 Å². The van der Waals surface area contributed by atoms with Gasteiger partial charge in [0.15, 0.2) is 0 Å². The largest absolute Gasteiger partial charge is 0.274 e. The smallest absolute Gasteiger partial charge is 0.238 e. The van der Waals surface area contributed by atoms with Crippen LogP contribution in [-0.2, 0) is 16.1 Å². The zero-order chi connectivity index (χ0) is 19.7. The average Bonchev–Trinajstić information content (AvgIpc) is 3.37.